The number of amides is 2. The SMILES string of the molecule is O=C(CC1Sc2ccccc2NC1=O)Nc1ncccc1O. The lowest BCUT2D eigenvalue weighted by atomic mass is 10.2. The zero-order valence-corrected chi connectivity index (χ0v) is 12.3. The van der Waals surface area contributed by atoms with E-state index in [4.69, 9.17) is 0 Å². The second-order valence-electron chi connectivity index (χ2n) is 4.72. The molecule has 1 unspecified atom stereocenters. The van der Waals surface area contributed by atoms with Gasteiger partial charge in [-0.25, -0.2) is 4.98 Å². The number of thioether (sulfide) groups is 1. The van der Waals surface area contributed by atoms with Crippen molar-refractivity contribution in [1.29, 1.82) is 0 Å². The Morgan fingerprint density at radius 1 is 1.32 bits per heavy atom. The molecule has 1 aliphatic heterocycles. The number of benzene rings is 1. The summed E-state index contributed by atoms with van der Waals surface area (Å²) >= 11 is 1.35. The van der Waals surface area contributed by atoms with E-state index in [-0.39, 0.29) is 29.8 Å². The minimum atomic E-state index is -0.513. The van der Waals surface area contributed by atoms with Gasteiger partial charge in [-0.05, 0) is 24.3 Å². The van der Waals surface area contributed by atoms with Gasteiger partial charge in [0.1, 0.15) is 0 Å². The molecule has 2 aromatic rings. The fraction of sp³-hybridized carbons (Fsp3) is 0.133. The second-order valence-corrected chi connectivity index (χ2v) is 5.96. The predicted molar refractivity (Wildman–Crippen MR) is 83.9 cm³/mol. The van der Waals surface area contributed by atoms with Gasteiger partial charge in [-0.3, -0.25) is 9.59 Å². The highest BCUT2D eigenvalue weighted by atomic mass is 32.2. The molecule has 1 atom stereocenters. The zero-order valence-electron chi connectivity index (χ0n) is 11.4. The molecule has 0 bridgehead atoms. The number of fused-ring (bicyclic) bond motifs is 1. The van der Waals surface area contributed by atoms with Crippen LogP contribution in [0, 0.1) is 0 Å². The van der Waals surface area contributed by atoms with E-state index in [1.165, 1.54) is 24.0 Å². The zero-order chi connectivity index (χ0) is 15.5. The molecule has 6 nitrogen and oxygen atoms in total. The quantitative estimate of drug-likeness (QED) is 0.808. The summed E-state index contributed by atoms with van der Waals surface area (Å²) < 4.78 is 0. The number of nitrogens with zero attached hydrogens (tertiary/aromatic N) is 1. The molecule has 7 heteroatoms. The first-order chi connectivity index (χ1) is 10.6. The second kappa shape index (κ2) is 6.07. The van der Waals surface area contributed by atoms with Crippen molar-refractivity contribution in [1.82, 2.24) is 4.98 Å². The molecule has 0 aliphatic carbocycles. The first-order valence-corrected chi connectivity index (χ1v) is 7.52. The number of rotatable bonds is 3. The molecule has 112 valence electrons. The Bertz CT molecular complexity index is 735. The molecule has 22 heavy (non-hydrogen) atoms. The fourth-order valence-electron chi connectivity index (χ4n) is 2.07. The van der Waals surface area contributed by atoms with Crippen molar-refractivity contribution in [2.24, 2.45) is 0 Å². The lowest BCUT2D eigenvalue weighted by Gasteiger charge is -2.23. The van der Waals surface area contributed by atoms with Crippen molar-refractivity contribution in [3.05, 3.63) is 42.6 Å². The van der Waals surface area contributed by atoms with Crippen LogP contribution in [0.1, 0.15) is 6.42 Å². The molecule has 0 fully saturated rings. The van der Waals surface area contributed by atoms with Crippen LogP contribution in [0.25, 0.3) is 0 Å². The molecule has 2 amide bonds. The van der Waals surface area contributed by atoms with E-state index in [1.54, 1.807) is 6.07 Å². The Morgan fingerprint density at radius 2 is 2.14 bits per heavy atom. The minimum Gasteiger partial charge on any atom is -0.504 e. The van der Waals surface area contributed by atoms with Crippen molar-refractivity contribution in [2.45, 2.75) is 16.6 Å². The number of carbonyl (C=O) groups excluding carboxylic acids is 2. The van der Waals surface area contributed by atoms with Crippen LogP contribution in [0.3, 0.4) is 0 Å². The summed E-state index contributed by atoms with van der Waals surface area (Å²) in [6, 6.07) is 10.4. The Balaban J connectivity index is 1.67. The highest BCUT2D eigenvalue weighted by molar-refractivity contribution is 8.01. The average molecular weight is 315 g/mol. The number of para-hydroxylation sites is 1. The van der Waals surface area contributed by atoms with Gasteiger partial charge in [0.25, 0.3) is 0 Å². The number of aromatic nitrogens is 1. The van der Waals surface area contributed by atoms with Crippen LogP contribution in [0.15, 0.2) is 47.5 Å². The van der Waals surface area contributed by atoms with Gasteiger partial charge in [0.05, 0.1) is 10.9 Å². The van der Waals surface area contributed by atoms with Crippen LogP contribution in [0.4, 0.5) is 11.5 Å². The summed E-state index contributed by atoms with van der Waals surface area (Å²) in [6.07, 6.45) is 1.47. The molecule has 0 spiro atoms. The summed E-state index contributed by atoms with van der Waals surface area (Å²) in [5.74, 6) is -0.596. The van der Waals surface area contributed by atoms with Crippen LogP contribution in [0.5, 0.6) is 5.75 Å². The monoisotopic (exact) mass is 315 g/mol. The number of aromatic hydroxyl groups is 1. The van der Waals surface area contributed by atoms with Gasteiger partial charge >= 0.3 is 0 Å². The van der Waals surface area contributed by atoms with Gasteiger partial charge in [-0.15, -0.1) is 11.8 Å². The Morgan fingerprint density at radius 3 is 2.95 bits per heavy atom. The van der Waals surface area contributed by atoms with Gasteiger partial charge in [0, 0.05) is 17.5 Å². The summed E-state index contributed by atoms with van der Waals surface area (Å²) in [5, 5.41) is 14.4. The van der Waals surface area contributed by atoms with Gasteiger partial charge in [-0.1, -0.05) is 12.1 Å². The van der Waals surface area contributed by atoms with E-state index in [9.17, 15) is 14.7 Å². The van der Waals surface area contributed by atoms with E-state index < -0.39 is 5.25 Å². The smallest absolute Gasteiger partial charge is 0.238 e. The Kier molecular flexibility index (Phi) is 3.97. The molecule has 1 aromatic carbocycles. The van der Waals surface area contributed by atoms with E-state index in [0.29, 0.717) is 0 Å². The third kappa shape index (κ3) is 3.04. The number of carbonyl (C=O) groups is 2. The van der Waals surface area contributed by atoms with Crippen molar-refractivity contribution in [3.63, 3.8) is 0 Å². The summed E-state index contributed by atoms with van der Waals surface area (Å²) in [6.45, 7) is 0. The molecular formula is C15H13N3O3S. The highest BCUT2D eigenvalue weighted by Gasteiger charge is 2.29. The molecule has 1 aliphatic rings. The molecule has 3 N–H and O–H groups in total. The number of hydrogen-bond donors (Lipinski definition) is 3. The number of pyridine rings is 1. The van der Waals surface area contributed by atoms with Crippen LogP contribution in [-0.2, 0) is 9.59 Å². The third-order valence-electron chi connectivity index (χ3n) is 3.12. The minimum absolute atomic E-state index is 0.000842. The molecule has 3 rings (SSSR count). The lowest BCUT2D eigenvalue weighted by molar-refractivity contribution is -0.120. The van der Waals surface area contributed by atoms with Gasteiger partial charge in [0.2, 0.25) is 11.8 Å². The first kappa shape index (κ1) is 14.4. The largest absolute Gasteiger partial charge is 0.504 e. The van der Waals surface area contributed by atoms with Crippen LogP contribution in [0.2, 0.25) is 0 Å². The van der Waals surface area contributed by atoms with Gasteiger partial charge < -0.3 is 15.7 Å². The number of hydrogen-bond acceptors (Lipinski definition) is 5. The molecule has 0 saturated carbocycles. The summed E-state index contributed by atoms with van der Waals surface area (Å²) in [4.78, 5) is 28.9. The number of anilines is 2. The van der Waals surface area contributed by atoms with E-state index in [2.05, 4.69) is 15.6 Å². The fourth-order valence-corrected chi connectivity index (χ4v) is 3.18. The van der Waals surface area contributed by atoms with Crippen LogP contribution >= 0.6 is 11.8 Å². The first-order valence-electron chi connectivity index (χ1n) is 6.64. The average Bonchev–Trinajstić information content (AvgIpc) is 2.50. The van der Waals surface area contributed by atoms with Crippen LogP contribution < -0.4 is 10.6 Å². The van der Waals surface area contributed by atoms with E-state index in [0.717, 1.165) is 10.6 Å². The van der Waals surface area contributed by atoms with Gasteiger partial charge in [-0.2, -0.15) is 0 Å². The molecule has 0 radical (unpaired) electrons. The standard InChI is InChI=1S/C15H13N3O3S/c19-10-5-3-7-16-14(10)18-13(20)8-12-15(21)17-9-4-1-2-6-11(9)22-12/h1-7,12,19H,8H2,(H,17,21)(H,16,18,20). The topological polar surface area (TPSA) is 91.3 Å². The van der Waals surface area contributed by atoms with Gasteiger partial charge in [0.15, 0.2) is 11.6 Å². The molecule has 2 heterocycles. The van der Waals surface area contributed by atoms with Crippen molar-refractivity contribution >= 4 is 35.1 Å². The van der Waals surface area contributed by atoms with E-state index >= 15 is 0 Å². The maximum atomic E-state index is 12.0. The molecule has 0 saturated heterocycles. The Hall–Kier alpha value is -2.54. The number of nitrogens with one attached hydrogen (secondary N) is 2. The summed E-state index contributed by atoms with van der Waals surface area (Å²) in [7, 11) is 0. The summed E-state index contributed by atoms with van der Waals surface area (Å²) in [5.41, 5.74) is 0.761. The van der Waals surface area contributed by atoms with Crippen molar-refractivity contribution in [3.8, 4) is 5.75 Å². The molecular weight excluding hydrogens is 302 g/mol. The maximum absolute atomic E-state index is 12.0. The predicted octanol–water partition coefficient (Wildman–Crippen LogP) is 2.23. The van der Waals surface area contributed by atoms with E-state index in [1.807, 2.05) is 24.3 Å². The lowest BCUT2D eigenvalue weighted by Crippen LogP contribution is -2.32. The van der Waals surface area contributed by atoms with Crippen LogP contribution in [-0.4, -0.2) is 27.2 Å². The molecule has 1 aromatic heterocycles. The Labute approximate surface area is 131 Å². The maximum Gasteiger partial charge on any atom is 0.238 e. The highest BCUT2D eigenvalue weighted by Crippen LogP contribution is 2.36. The van der Waals surface area contributed by atoms with Crippen molar-refractivity contribution < 1.29 is 14.7 Å². The third-order valence-corrected chi connectivity index (χ3v) is 4.40. The van der Waals surface area contributed by atoms with Crippen molar-refractivity contribution in [2.75, 3.05) is 10.6 Å². The normalized spacial score (nSPS) is 16.5.